The van der Waals surface area contributed by atoms with E-state index in [0.29, 0.717) is 12.3 Å². The first-order chi connectivity index (χ1) is 9.19. The fraction of sp³-hybridized carbons (Fsp3) is 0.533. The van der Waals surface area contributed by atoms with E-state index in [1.165, 1.54) is 0 Å². The fourth-order valence-electron chi connectivity index (χ4n) is 2.46. The number of carbonyl (C=O) groups excluding carboxylic acids is 1. The molecule has 1 aliphatic rings. The van der Waals surface area contributed by atoms with Crippen LogP contribution in [0.3, 0.4) is 0 Å². The third-order valence-corrected chi connectivity index (χ3v) is 4.18. The summed E-state index contributed by atoms with van der Waals surface area (Å²) in [4.78, 5) is 12.1. The van der Waals surface area contributed by atoms with Crippen molar-refractivity contribution in [3.8, 4) is 0 Å². The first-order valence-electron chi connectivity index (χ1n) is 6.64. The lowest BCUT2D eigenvalue weighted by molar-refractivity contribution is -0.134. The molecule has 1 amide bonds. The number of hydrogen-bond donors (Lipinski definition) is 1. The number of benzene rings is 1. The molecule has 2 rings (SSSR count). The van der Waals surface area contributed by atoms with Gasteiger partial charge in [0.05, 0.1) is 18.1 Å². The molecule has 1 N–H and O–H groups in total. The molecule has 1 unspecified atom stereocenters. The van der Waals surface area contributed by atoms with Crippen LogP contribution in [0.4, 0.5) is 0 Å². The zero-order chi connectivity index (χ0) is 13.7. The predicted octanol–water partition coefficient (Wildman–Crippen LogP) is 3.04. The Kier molecular flexibility index (Phi) is 4.83. The summed E-state index contributed by atoms with van der Waals surface area (Å²) in [6.07, 6.45) is 3.49. The van der Waals surface area contributed by atoms with Gasteiger partial charge < -0.3 is 10.1 Å². The molecule has 0 aliphatic heterocycles. The molecule has 1 atom stereocenters. The lowest BCUT2D eigenvalue weighted by Gasteiger charge is -2.40. The van der Waals surface area contributed by atoms with Gasteiger partial charge in [-0.25, -0.2) is 0 Å². The zero-order valence-electron chi connectivity index (χ0n) is 11.2. The van der Waals surface area contributed by atoms with Gasteiger partial charge in [-0.2, -0.15) is 0 Å². The molecular weight excluding hydrogens is 262 g/mol. The molecule has 1 aromatic rings. The number of rotatable bonds is 6. The molecule has 1 aliphatic carbocycles. The van der Waals surface area contributed by atoms with Gasteiger partial charge in [0.15, 0.2) is 0 Å². The number of nitrogens with one attached hydrogen (secondary N) is 1. The predicted molar refractivity (Wildman–Crippen MR) is 76.3 cm³/mol. The van der Waals surface area contributed by atoms with Crippen LogP contribution in [0, 0.1) is 0 Å². The maximum Gasteiger partial charge on any atom is 0.223 e. The van der Waals surface area contributed by atoms with Crippen LogP contribution < -0.4 is 5.32 Å². The van der Waals surface area contributed by atoms with Crippen LogP contribution in [-0.2, 0) is 9.53 Å². The Balaban J connectivity index is 1.93. The number of halogens is 1. The quantitative estimate of drug-likeness (QED) is 0.814. The highest BCUT2D eigenvalue weighted by Crippen LogP contribution is 2.38. The SMILES string of the molecule is COC1(CC(=O)NC(CCl)c2ccccc2)CCC1. The van der Waals surface area contributed by atoms with Gasteiger partial charge in [-0.05, 0) is 24.8 Å². The molecule has 0 radical (unpaired) electrons. The Morgan fingerprint density at radius 2 is 2.11 bits per heavy atom. The number of ether oxygens (including phenoxy) is 1. The summed E-state index contributed by atoms with van der Waals surface area (Å²) in [5.41, 5.74) is 0.795. The Morgan fingerprint density at radius 3 is 2.58 bits per heavy atom. The minimum Gasteiger partial charge on any atom is -0.378 e. The van der Waals surface area contributed by atoms with Gasteiger partial charge >= 0.3 is 0 Å². The molecule has 1 fully saturated rings. The van der Waals surface area contributed by atoms with Crippen LogP contribution in [0.25, 0.3) is 0 Å². The monoisotopic (exact) mass is 281 g/mol. The van der Waals surface area contributed by atoms with Crippen molar-refractivity contribution in [1.29, 1.82) is 0 Å². The van der Waals surface area contributed by atoms with Crippen molar-refractivity contribution in [1.82, 2.24) is 5.32 Å². The second kappa shape index (κ2) is 6.40. The largest absolute Gasteiger partial charge is 0.378 e. The van der Waals surface area contributed by atoms with Gasteiger partial charge in [-0.15, -0.1) is 11.6 Å². The second-order valence-electron chi connectivity index (χ2n) is 5.10. The van der Waals surface area contributed by atoms with Crippen LogP contribution in [-0.4, -0.2) is 24.5 Å². The molecule has 0 spiro atoms. The van der Waals surface area contributed by atoms with E-state index in [1.807, 2.05) is 30.3 Å². The van der Waals surface area contributed by atoms with E-state index in [1.54, 1.807) is 7.11 Å². The number of carbonyl (C=O) groups is 1. The summed E-state index contributed by atoms with van der Waals surface area (Å²) < 4.78 is 5.47. The maximum absolute atomic E-state index is 12.1. The zero-order valence-corrected chi connectivity index (χ0v) is 12.0. The van der Waals surface area contributed by atoms with E-state index in [0.717, 1.165) is 24.8 Å². The van der Waals surface area contributed by atoms with Gasteiger partial charge in [0.2, 0.25) is 5.91 Å². The van der Waals surface area contributed by atoms with Crippen LogP contribution in [0.2, 0.25) is 0 Å². The molecule has 1 saturated carbocycles. The smallest absolute Gasteiger partial charge is 0.223 e. The Labute approximate surface area is 119 Å². The van der Waals surface area contributed by atoms with Crippen molar-refractivity contribution in [2.24, 2.45) is 0 Å². The average Bonchev–Trinajstić information content (AvgIpc) is 2.41. The van der Waals surface area contributed by atoms with Gasteiger partial charge in [0.25, 0.3) is 0 Å². The fourth-order valence-corrected chi connectivity index (χ4v) is 2.71. The molecule has 4 heteroatoms. The molecular formula is C15H20ClNO2. The summed E-state index contributed by atoms with van der Waals surface area (Å²) in [6, 6.07) is 9.66. The van der Waals surface area contributed by atoms with Crippen molar-refractivity contribution >= 4 is 17.5 Å². The first-order valence-corrected chi connectivity index (χ1v) is 7.18. The first kappa shape index (κ1) is 14.4. The van der Waals surface area contributed by atoms with Gasteiger partial charge in [0, 0.05) is 13.0 Å². The van der Waals surface area contributed by atoms with Crippen LogP contribution in [0.15, 0.2) is 30.3 Å². The minimum absolute atomic E-state index is 0.0102. The summed E-state index contributed by atoms with van der Waals surface area (Å²) in [7, 11) is 1.68. The van der Waals surface area contributed by atoms with E-state index in [2.05, 4.69) is 5.32 Å². The van der Waals surface area contributed by atoms with Crippen LogP contribution in [0.5, 0.6) is 0 Å². The number of hydrogen-bond acceptors (Lipinski definition) is 2. The van der Waals surface area contributed by atoms with Gasteiger partial charge in [0.1, 0.15) is 0 Å². The summed E-state index contributed by atoms with van der Waals surface area (Å²) >= 11 is 5.95. The Bertz CT molecular complexity index is 412. The third kappa shape index (κ3) is 3.48. The van der Waals surface area contributed by atoms with E-state index in [9.17, 15) is 4.79 Å². The maximum atomic E-state index is 12.1. The van der Waals surface area contributed by atoms with Crippen LogP contribution >= 0.6 is 11.6 Å². The topological polar surface area (TPSA) is 38.3 Å². The summed E-state index contributed by atoms with van der Waals surface area (Å²) in [5, 5.41) is 2.99. The lowest BCUT2D eigenvalue weighted by Crippen LogP contribution is -2.44. The average molecular weight is 282 g/mol. The van der Waals surface area contributed by atoms with E-state index in [4.69, 9.17) is 16.3 Å². The summed E-state index contributed by atoms with van der Waals surface area (Å²) in [5.74, 6) is 0.381. The number of alkyl halides is 1. The lowest BCUT2D eigenvalue weighted by atomic mass is 9.77. The molecule has 0 heterocycles. The minimum atomic E-state index is -0.238. The number of methoxy groups -OCH3 is 1. The highest BCUT2D eigenvalue weighted by Gasteiger charge is 2.39. The van der Waals surface area contributed by atoms with Crippen molar-refractivity contribution in [3.63, 3.8) is 0 Å². The molecule has 3 nitrogen and oxygen atoms in total. The van der Waals surface area contributed by atoms with Crippen molar-refractivity contribution in [2.45, 2.75) is 37.3 Å². The highest BCUT2D eigenvalue weighted by molar-refractivity contribution is 6.18. The van der Waals surface area contributed by atoms with Crippen molar-refractivity contribution in [2.75, 3.05) is 13.0 Å². The van der Waals surface area contributed by atoms with Crippen molar-refractivity contribution in [3.05, 3.63) is 35.9 Å². The third-order valence-electron chi connectivity index (χ3n) is 3.87. The summed E-state index contributed by atoms with van der Waals surface area (Å²) in [6.45, 7) is 0. The van der Waals surface area contributed by atoms with Gasteiger partial charge in [-0.3, -0.25) is 4.79 Å². The van der Waals surface area contributed by atoms with Crippen molar-refractivity contribution < 1.29 is 9.53 Å². The van der Waals surface area contributed by atoms with E-state index < -0.39 is 0 Å². The molecule has 1 aromatic carbocycles. The van der Waals surface area contributed by atoms with Gasteiger partial charge in [-0.1, -0.05) is 30.3 Å². The molecule has 104 valence electrons. The molecule has 0 bridgehead atoms. The second-order valence-corrected chi connectivity index (χ2v) is 5.41. The Hall–Kier alpha value is -1.06. The van der Waals surface area contributed by atoms with E-state index in [-0.39, 0.29) is 17.6 Å². The highest BCUT2D eigenvalue weighted by atomic mass is 35.5. The number of amides is 1. The van der Waals surface area contributed by atoms with Crippen LogP contribution in [0.1, 0.15) is 37.3 Å². The molecule has 19 heavy (non-hydrogen) atoms. The Morgan fingerprint density at radius 1 is 1.42 bits per heavy atom. The molecule has 0 aromatic heterocycles. The standard InChI is InChI=1S/C15H20ClNO2/c1-19-15(8-5-9-15)10-14(18)17-13(11-16)12-6-3-2-4-7-12/h2-4,6-7,13H,5,8-11H2,1H3,(H,17,18). The molecule has 0 saturated heterocycles. The van der Waals surface area contributed by atoms with E-state index >= 15 is 0 Å². The normalized spacial score (nSPS) is 18.4.